The van der Waals surface area contributed by atoms with Crippen LogP contribution in [0, 0.1) is 6.92 Å². The van der Waals surface area contributed by atoms with E-state index in [2.05, 4.69) is 4.74 Å². The third-order valence-electron chi connectivity index (χ3n) is 1.85. The lowest BCUT2D eigenvalue weighted by molar-refractivity contribution is -0.141. The van der Waals surface area contributed by atoms with Gasteiger partial charge in [-0.25, -0.2) is 0 Å². The van der Waals surface area contributed by atoms with Gasteiger partial charge in [-0.15, -0.1) is 0 Å². The normalized spacial score (nSPS) is 10.1. The van der Waals surface area contributed by atoms with Gasteiger partial charge in [0.2, 0.25) is 0 Å². The number of carbonyl (C=O) groups excluding carboxylic acids is 1. The van der Waals surface area contributed by atoms with Crippen LogP contribution in [0.15, 0.2) is 6.07 Å². The van der Waals surface area contributed by atoms with Crippen molar-refractivity contribution < 1.29 is 19.7 Å². The Morgan fingerprint density at radius 3 is 2.64 bits per heavy atom. The fourth-order valence-corrected chi connectivity index (χ4v) is 1.16. The average molecular weight is 199 g/mol. The highest BCUT2D eigenvalue weighted by molar-refractivity contribution is 5.65. The molecular weight excluding hydrogens is 186 g/mol. The van der Waals surface area contributed by atoms with Gasteiger partial charge in [-0.1, -0.05) is 0 Å². The van der Waals surface area contributed by atoms with Crippen molar-refractivity contribution in [2.45, 2.75) is 20.4 Å². The van der Waals surface area contributed by atoms with Crippen LogP contribution in [0.25, 0.3) is 0 Å². The molecular formula is C9H13NO4. The molecule has 5 heteroatoms. The molecule has 0 bridgehead atoms. The summed E-state index contributed by atoms with van der Waals surface area (Å²) in [6, 6.07) is 1.45. The van der Waals surface area contributed by atoms with Gasteiger partial charge >= 0.3 is 5.97 Å². The molecule has 5 nitrogen and oxygen atoms in total. The first-order valence-corrected chi connectivity index (χ1v) is 4.23. The largest absolute Gasteiger partial charge is 0.494 e. The van der Waals surface area contributed by atoms with E-state index < -0.39 is 0 Å². The predicted octanol–water partition coefficient (Wildman–Crippen LogP) is 0.771. The van der Waals surface area contributed by atoms with E-state index in [9.17, 15) is 15.0 Å². The third kappa shape index (κ3) is 2.18. The summed E-state index contributed by atoms with van der Waals surface area (Å²) in [5.74, 6) is -0.422. The molecule has 78 valence electrons. The van der Waals surface area contributed by atoms with E-state index in [0.29, 0.717) is 5.56 Å². The van der Waals surface area contributed by atoms with E-state index >= 15 is 0 Å². The number of carbonyl (C=O) groups is 1. The molecule has 0 unspecified atom stereocenters. The zero-order valence-corrected chi connectivity index (χ0v) is 8.15. The van der Waals surface area contributed by atoms with Crippen LogP contribution in [0.2, 0.25) is 0 Å². The Kier molecular flexibility index (Phi) is 3.01. The van der Waals surface area contributed by atoms with Crippen LogP contribution in [0.1, 0.15) is 12.5 Å². The Morgan fingerprint density at radius 1 is 1.57 bits per heavy atom. The summed E-state index contributed by atoms with van der Waals surface area (Å²) in [5.41, 5.74) is 0.588. The smallest absolute Gasteiger partial charge is 0.302 e. The molecule has 1 heterocycles. The lowest BCUT2D eigenvalue weighted by Gasteiger charge is -2.06. The van der Waals surface area contributed by atoms with Crippen LogP contribution in [0.5, 0.6) is 11.8 Å². The van der Waals surface area contributed by atoms with Crippen molar-refractivity contribution in [1.29, 1.82) is 0 Å². The average Bonchev–Trinajstić information content (AvgIpc) is 2.31. The molecule has 0 radical (unpaired) electrons. The first-order valence-electron chi connectivity index (χ1n) is 4.23. The van der Waals surface area contributed by atoms with Gasteiger partial charge in [0, 0.05) is 18.6 Å². The number of nitrogens with zero attached hydrogens (tertiary/aromatic N) is 1. The van der Waals surface area contributed by atoms with Crippen LogP contribution in [0.4, 0.5) is 0 Å². The summed E-state index contributed by atoms with van der Waals surface area (Å²) in [6.07, 6.45) is 0. The van der Waals surface area contributed by atoms with E-state index in [1.807, 2.05) is 0 Å². The second kappa shape index (κ2) is 4.04. The van der Waals surface area contributed by atoms with E-state index in [0.717, 1.165) is 0 Å². The van der Waals surface area contributed by atoms with Crippen molar-refractivity contribution >= 4 is 5.97 Å². The first kappa shape index (κ1) is 10.4. The van der Waals surface area contributed by atoms with Crippen molar-refractivity contribution in [3.05, 3.63) is 11.6 Å². The van der Waals surface area contributed by atoms with Gasteiger partial charge in [-0.05, 0) is 6.92 Å². The highest BCUT2D eigenvalue weighted by Gasteiger charge is 2.09. The Balaban J connectivity index is 2.62. The maximum atomic E-state index is 10.5. The van der Waals surface area contributed by atoms with Crippen LogP contribution in [0.3, 0.4) is 0 Å². The molecule has 2 N–H and O–H groups in total. The van der Waals surface area contributed by atoms with E-state index in [1.165, 1.54) is 17.6 Å². The van der Waals surface area contributed by atoms with Crippen LogP contribution >= 0.6 is 0 Å². The number of rotatable bonds is 3. The molecule has 0 aromatic carbocycles. The molecule has 0 saturated heterocycles. The maximum Gasteiger partial charge on any atom is 0.302 e. The molecule has 0 fully saturated rings. The number of hydrogen-bond acceptors (Lipinski definition) is 4. The Bertz CT molecular complexity index is 343. The quantitative estimate of drug-likeness (QED) is 0.705. The SMILES string of the molecule is CC(=O)OCCn1c(O)cc(C)c1O. The molecule has 1 aromatic heterocycles. The number of esters is 1. The lowest BCUT2D eigenvalue weighted by Crippen LogP contribution is -2.08. The summed E-state index contributed by atoms with van der Waals surface area (Å²) in [4.78, 5) is 10.5. The molecule has 0 aliphatic carbocycles. The Labute approximate surface area is 81.5 Å². The highest BCUT2D eigenvalue weighted by atomic mass is 16.5. The lowest BCUT2D eigenvalue weighted by atomic mass is 10.4. The minimum absolute atomic E-state index is 0.00495. The Morgan fingerprint density at radius 2 is 2.21 bits per heavy atom. The maximum absolute atomic E-state index is 10.5. The van der Waals surface area contributed by atoms with Crippen LogP contribution in [-0.2, 0) is 16.1 Å². The van der Waals surface area contributed by atoms with E-state index in [4.69, 9.17) is 0 Å². The minimum atomic E-state index is -0.382. The first-order chi connectivity index (χ1) is 6.52. The van der Waals surface area contributed by atoms with E-state index in [1.54, 1.807) is 6.92 Å². The summed E-state index contributed by atoms with van der Waals surface area (Å²) >= 11 is 0. The number of aromatic nitrogens is 1. The van der Waals surface area contributed by atoms with Gasteiger partial charge in [0.15, 0.2) is 11.8 Å². The molecule has 0 aliphatic rings. The van der Waals surface area contributed by atoms with Crippen molar-refractivity contribution in [3.63, 3.8) is 0 Å². The van der Waals surface area contributed by atoms with Crippen molar-refractivity contribution in [2.75, 3.05) is 6.61 Å². The molecule has 0 aliphatic heterocycles. The van der Waals surface area contributed by atoms with Crippen molar-refractivity contribution in [2.24, 2.45) is 0 Å². The van der Waals surface area contributed by atoms with Gasteiger partial charge in [0.25, 0.3) is 0 Å². The third-order valence-corrected chi connectivity index (χ3v) is 1.85. The monoisotopic (exact) mass is 199 g/mol. The highest BCUT2D eigenvalue weighted by Crippen LogP contribution is 2.25. The zero-order valence-electron chi connectivity index (χ0n) is 8.15. The zero-order chi connectivity index (χ0) is 10.7. The summed E-state index contributed by atoms with van der Waals surface area (Å²) in [7, 11) is 0. The van der Waals surface area contributed by atoms with Crippen molar-refractivity contribution in [1.82, 2.24) is 4.57 Å². The molecule has 1 rings (SSSR count). The van der Waals surface area contributed by atoms with E-state index in [-0.39, 0.29) is 30.9 Å². The van der Waals surface area contributed by atoms with Gasteiger partial charge in [0.1, 0.15) is 6.61 Å². The second-order valence-electron chi connectivity index (χ2n) is 3.00. The Hall–Kier alpha value is -1.65. The van der Waals surface area contributed by atoms with Crippen LogP contribution in [-0.4, -0.2) is 27.4 Å². The molecule has 0 atom stereocenters. The summed E-state index contributed by atoms with van der Waals surface area (Å²) in [5, 5.41) is 18.8. The molecule has 0 saturated carbocycles. The van der Waals surface area contributed by atoms with Crippen LogP contribution < -0.4 is 0 Å². The number of hydrogen-bond donors (Lipinski definition) is 2. The van der Waals surface area contributed by atoms with Crippen molar-refractivity contribution in [3.8, 4) is 11.8 Å². The van der Waals surface area contributed by atoms with Gasteiger partial charge in [-0.2, -0.15) is 0 Å². The molecule has 0 spiro atoms. The van der Waals surface area contributed by atoms with Gasteiger partial charge in [0.05, 0.1) is 6.54 Å². The van der Waals surface area contributed by atoms with Gasteiger partial charge < -0.3 is 14.9 Å². The summed E-state index contributed by atoms with van der Waals surface area (Å²) < 4.78 is 5.96. The fourth-order valence-electron chi connectivity index (χ4n) is 1.16. The topological polar surface area (TPSA) is 71.7 Å². The predicted molar refractivity (Wildman–Crippen MR) is 49.1 cm³/mol. The summed E-state index contributed by atoms with van der Waals surface area (Å²) in [6.45, 7) is 3.35. The minimum Gasteiger partial charge on any atom is -0.494 e. The fraction of sp³-hybridized carbons (Fsp3) is 0.444. The molecule has 1 aromatic rings. The molecule has 0 amide bonds. The number of aromatic hydroxyl groups is 2. The van der Waals surface area contributed by atoms with Gasteiger partial charge in [-0.3, -0.25) is 9.36 Å². The number of aryl methyl sites for hydroxylation is 1. The number of ether oxygens (including phenoxy) is 1. The standard InChI is InChI=1S/C9H13NO4/c1-6-5-8(12)10(9(6)13)3-4-14-7(2)11/h5,12-13H,3-4H2,1-2H3. The molecule has 14 heavy (non-hydrogen) atoms. The second-order valence-corrected chi connectivity index (χ2v) is 3.00.